The molecule has 0 saturated carbocycles. The molecular weight excluding hydrogens is 334 g/mol. The van der Waals surface area contributed by atoms with Gasteiger partial charge in [-0.05, 0) is 29.3 Å². The molecule has 0 aliphatic heterocycles. The van der Waals surface area contributed by atoms with Gasteiger partial charge in [0.2, 0.25) is 0 Å². The number of hydrogen-bond acceptors (Lipinski definition) is 3. The van der Waals surface area contributed by atoms with Crippen LogP contribution in [0.3, 0.4) is 0 Å². The van der Waals surface area contributed by atoms with Crippen LogP contribution in [0.4, 0.5) is 5.69 Å². The summed E-state index contributed by atoms with van der Waals surface area (Å²) in [7, 11) is 0. The van der Waals surface area contributed by atoms with E-state index >= 15 is 0 Å². The molecule has 1 aromatic heterocycles. The average molecular weight is 352 g/mol. The highest BCUT2D eigenvalue weighted by atomic mass is 35.5. The van der Waals surface area contributed by atoms with Crippen LogP contribution >= 0.6 is 11.6 Å². The summed E-state index contributed by atoms with van der Waals surface area (Å²) in [5, 5.41) is 6.77. The minimum atomic E-state index is -0.233. The van der Waals surface area contributed by atoms with Gasteiger partial charge in [0.1, 0.15) is 5.69 Å². The first kappa shape index (κ1) is 17.0. The third kappa shape index (κ3) is 4.81. The van der Waals surface area contributed by atoms with Crippen molar-refractivity contribution in [3.63, 3.8) is 0 Å². The molecule has 0 fully saturated rings. The zero-order chi connectivity index (χ0) is 17.5. The maximum absolute atomic E-state index is 12.3. The van der Waals surface area contributed by atoms with E-state index in [4.69, 9.17) is 11.6 Å². The van der Waals surface area contributed by atoms with E-state index < -0.39 is 0 Å². The summed E-state index contributed by atoms with van der Waals surface area (Å²) in [6.07, 6.45) is 1.62. The first-order valence-electron chi connectivity index (χ1n) is 7.98. The van der Waals surface area contributed by atoms with Crippen LogP contribution < -0.4 is 10.6 Å². The fourth-order valence-corrected chi connectivity index (χ4v) is 2.58. The predicted octanol–water partition coefficient (Wildman–Crippen LogP) is 4.28. The van der Waals surface area contributed by atoms with Gasteiger partial charge < -0.3 is 10.6 Å². The van der Waals surface area contributed by atoms with E-state index in [0.717, 1.165) is 11.3 Å². The topological polar surface area (TPSA) is 54.0 Å². The highest BCUT2D eigenvalue weighted by molar-refractivity contribution is 6.31. The Kier molecular flexibility index (Phi) is 5.65. The van der Waals surface area contributed by atoms with Crippen molar-refractivity contribution in [2.75, 3.05) is 5.32 Å². The molecule has 4 nitrogen and oxygen atoms in total. The molecule has 0 aliphatic carbocycles. The molecule has 0 spiro atoms. The normalized spacial score (nSPS) is 10.3. The number of pyridine rings is 1. The molecule has 0 bridgehead atoms. The second-order valence-electron chi connectivity index (χ2n) is 5.54. The number of hydrogen-bond donors (Lipinski definition) is 2. The van der Waals surface area contributed by atoms with Crippen LogP contribution in [-0.4, -0.2) is 10.9 Å². The monoisotopic (exact) mass is 351 g/mol. The zero-order valence-electron chi connectivity index (χ0n) is 13.6. The van der Waals surface area contributed by atoms with Gasteiger partial charge in [-0.3, -0.25) is 9.78 Å². The number of carbonyl (C=O) groups excluding carboxylic acids is 1. The van der Waals surface area contributed by atoms with Gasteiger partial charge >= 0.3 is 0 Å². The number of halogens is 1. The Hall–Kier alpha value is -2.85. The molecule has 5 heteroatoms. The Morgan fingerprint density at radius 2 is 1.72 bits per heavy atom. The highest BCUT2D eigenvalue weighted by Gasteiger charge is 2.09. The molecule has 2 aromatic carbocycles. The minimum absolute atomic E-state index is 0.233. The first-order chi connectivity index (χ1) is 12.2. The van der Waals surface area contributed by atoms with E-state index in [2.05, 4.69) is 15.6 Å². The van der Waals surface area contributed by atoms with Crippen LogP contribution in [0.25, 0.3) is 0 Å². The SMILES string of the molecule is O=C(NCc1ccccc1Cl)c1cc(NCc2ccccc2)ccn1. The molecule has 0 saturated heterocycles. The Morgan fingerprint density at radius 3 is 2.52 bits per heavy atom. The molecule has 3 rings (SSSR count). The minimum Gasteiger partial charge on any atom is -0.381 e. The summed E-state index contributed by atoms with van der Waals surface area (Å²) < 4.78 is 0. The Morgan fingerprint density at radius 1 is 0.960 bits per heavy atom. The largest absolute Gasteiger partial charge is 0.381 e. The maximum Gasteiger partial charge on any atom is 0.270 e. The quantitative estimate of drug-likeness (QED) is 0.697. The average Bonchev–Trinajstić information content (AvgIpc) is 2.66. The van der Waals surface area contributed by atoms with Gasteiger partial charge in [-0.2, -0.15) is 0 Å². The van der Waals surface area contributed by atoms with Gasteiger partial charge in [0.15, 0.2) is 0 Å². The lowest BCUT2D eigenvalue weighted by Gasteiger charge is -2.09. The molecule has 0 aliphatic rings. The molecule has 1 heterocycles. The van der Waals surface area contributed by atoms with Crippen molar-refractivity contribution in [3.8, 4) is 0 Å². The fraction of sp³-hybridized carbons (Fsp3) is 0.100. The van der Waals surface area contributed by atoms with E-state index in [9.17, 15) is 4.79 Å². The highest BCUT2D eigenvalue weighted by Crippen LogP contribution is 2.15. The van der Waals surface area contributed by atoms with Crippen molar-refractivity contribution >= 4 is 23.2 Å². The molecule has 25 heavy (non-hydrogen) atoms. The van der Waals surface area contributed by atoms with Crippen molar-refractivity contribution in [3.05, 3.63) is 94.8 Å². The van der Waals surface area contributed by atoms with Crippen LogP contribution in [0.1, 0.15) is 21.6 Å². The van der Waals surface area contributed by atoms with Gasteiger partial charge in [-0.1, -0.05) is 60.1 Å². The molecule has 2 N–H and O–H groups in total. The predicted molar refractivity (Wildman–Crippen MR) is 101 cm³/mol. The lowest BCUT2D eigenvalue weighted by Crippen LogP contribution is -2.24. The van der Waals surface area contributed by atoms with E-state index in [1.54, 1.807) is 18.3 Å². The maximum atomic E-state index is 12.3. The molecule has 126 valence electrons. The smallest absolute Gasteiger partial charge is 0.270 e. The van der Waals surface area contributed by atoms with Crippen LogP contribution in [0.2, 0.25) is 5.02 Å². The second-order valence-corrected chi connectivity index (χ2v) is 5.95. The summed E-state index contributed by atoms with van der Waals surface area (Å²) in [5.74, 6) is -0.233. The number of nitrogens with one attached hydrogen (secondary N) is 2. The number of carbonyl (C=O) groups is 1. The van der Waals surface area contributed by atoms with Crippen LogP contribution in [-0.2, 0) is 13.1 Å². The molecule has 0 atom stereocenters. The van der Waals surface area contributed by atoms with Crippen LogP contribution in [0.15, 0.2) is 72.9 Å². The van der Waals surface area contributed by atoms with Crippen molar-refractivity contribution < 1.29 is 4.79 Å². The van der Waals surface area contributed by atoms with Gasteiger partial charge in [-0.15, -0.1) is 0 Å². The zero-order valence-corrected chi connectivity index (χ0v) is 14.3. The van der Waals surface area contributed by atoms with Crippen molar-refractivity contribution in [1.29, 1.82) is 0 Å². The standard InChI is InChI=1S/C20H18ClN3O/c21-18-9-5-4-8-16(18)14-24-20(25)19-12-17(10-11-22-19)23-13-15-6-2-1-3-7-15/h1-12H,13-14H2,(H,22,23)(H,24,25). The van der Waals surface area contributed by atoms with Crippen molar-refractivity contribution in [2.24, 2.45) is 0 Å². The summed E-state index contributed by atoms with van der Waals surface area (Å²) in [6, 6.07) is 21.1. The van der Waals surface area contributed by atoms with Gasteiger partial charge in [-0.25, -0.2) is 0 Å². The number of aromatic nitrogens is 1. The molecular formula is C20H18ClN3O. The van der Waals surface area contributed by atoms with Gasteiger partial charge in [0.05, 0.1) is 0 Å². The third-order valence-electron chi connectivity index (χ3n) is 3.73. The number of anilines is 1. The lowest BCUT2D eigenvalue weighted by molar-refractivity contribution is 0.0946. The van der Waals surface area contributed by atoms with Crippen LogP contribution in [0.5, 0.6) is 0 Å². The first-order valence-corrected chi connectivity index (χ1v) is 8.35. The summed E-state index contributed by atoms with van der Waals surface area (Å²) in [4.78, 5) is 16.5. The van der Waals surface area contributed by atoms with Gasteiger partial charge in [0, 0.05) is 30.0 Å². The fourth-order valence-electron chi connectivity index (χ4n) is 2.37. The van der Waals surface area contributed by atoms with Crippen molar-refractivity contribution in [2.45, 2.75) is 13.1 Å². The van der Waals surface area contributed by atoms with E-state index in [-0.39, 0.29) is 5.91 Å². The molecule has 1 amide bonds. The molecule has 0 unspecified atom stereocenters. The van der Waals surface area contributed by atoms with Crippen LogP contribution in [0, 0.1) is 0 Å². The Balaban J connectivity index is 1.60. The molecule has 0 radical (unpaired) electrons. The number of benzene rings is 2. The molecule has 3 aromatic rings. The Bertz CT molecular complexity index is 852. The lowest BCUT2D eigenvalue weighted by atomic mass is 10.2. The summed E-state index contributed by atoms with van der Waals surface area (Å²) in [6.45, 7) is 1.05. The summed E-state index contributed by atoms with van der Waals surface area (Å²) in [5.41, 5.74) is 3.26. The van der Waals surface area contributed by atoms with Crippen molar-refractivity contribution in [1.82, 2.24) is 10.3 Å². The number of nitrogens with zero attached hydrogens (tertiary/aromatic N) is 1. The third-order valence-corrected chi connectivity index (χ3v) is 4.10. The Labute approximate surface area is 151 Å². The number of rotatable bonds is 6. The van der Waals surface area contributed by atoms with E-state index in [0.29, 0.717) is 23.8 Å². The second kappa shape index (κ2) is 8.31. The van der Waals surface area contributed by atoms with Gasteiger partial charge in [0.25, 0.3) is 5.91 Å². The number of amides is 1. The van der Waals surface area contributed by atoms with E-state index in [1.807, 2.05) is 54.6 Å². The summed E-state index contributed by atoms with van der Waals surface area (Å²) >= 11 is 6.10. The van der Waals surface area contributed by atoms with E-state index in [1.165, 1.54) is 5.56 Å².